The van der Waals surface area contributed by atoms with Crippen molar-refractivity contribution in [1.82, 2.24) is 4.57 Å². The molecule has 2 rings (SSSR count). The number of benzene rings is 1. The van der Waals surface area contributed by atoms with Crippen molar-refractivity contribution in [2.24, 2.45) is 0 Å². The van der Waals surface area contributed by atoms with E-state index in [0.29, 0.717) is 11.2 Å². The minimum Gasteiger partial charge on any atom is -0.443 e. The molecule has 0 fully saturated rings. The third-order valence-corrected chi connectivity index (χ3v) is 10.3. The van der Waals surface area contributed by atoms with Crippen LogP contribution in [0.3, 0.4) is 0 Å². The molecular formula is C22H35NO6SSi. The summed E-state index contributed by atoms with van der Waals surface area (Å²) in [6, 6.07) is 9.27. The zero-order valence-electron chi connectivity index (χ0n) is 20.0. The second-order valence-corrected chi connectivity index (χ2v) is 16.7. The molecule has 1 aromatic heterocycles. The molecule has 9 heteroatoms. The molecular weight excluding hydrogens is 434 g/mol. The second kappa shape index (κ2) is 8.69. The van der Waals surface area contributed by atoms with Crippen LogP contribution in [0, 0.1) is 0 Å². The Morgan fingerprint density at radius 2 is 1.68 bits per heavy atom. The van der Waals surface area contributed by atoms with E-state index < -0.39 is 36.4 Å². The number of aromatic nitrogens is 1. The summed E-state index contributed by atoms with van der Waals surface area (Å²) in [5.74, 6) is 0. The largest absolute Gasteiger partial charge is 0.443 e. The molecule has 2 aromatic rings. The van der Waals surface area contributed by atoms with Gasteiger partial charge < -0.3 is 9.16 Å². The fourth-order valence-corrected chi connectivity index (χ4v) is 4.56. The molecule has 0 N–H and O–H groups in total. The average Bonchev–Trinajstić information content (AvgIpc) is 2.87. The Labute approximate surface area is 186 Å². The van der Waals surface area contributed by atoms with Crippen LogP contribution in [0.5, 0.6) is 0 Å². The number of rotatable bonds is 6. The molecule has 1 heterocycles. The van der Waals surface area contributed by atoms with Gasteiger partial charge in [0, 0.05) is 17.5 Å². The lowest BCUT2D eigenvalue weighted by atomic mass is 10.2. The van der Waals surface area contributed by atoms with Crippen LogP contribution in [0.1, 0.15) is 47.2 Å². The first kappa shape index (κ1) is 25.6. The molecule has 0 amide bonds. The zero-order chi connectivity index (χ0) is 23.8. The summed E-state index contributed by atoms with van der Waals surface area (Å²) in [6.07, 6.45) is -0.512. The van der Waals surface area contributed by atoms with Crippen molar-refractivity contribution in [3.05, 3.63) is 36.0 Å². The van der Waals surface area contributed by atoms with Crippen molar-refractivity contribution in [2.45, 2.75) is 78.0 Å². The first-order chi connectivity index (χ1) is 13.9. The van der Waals surface area contributed by atoms with E-state index in [0.717, 1.165) is 11.6 Å². The number of carbonyl (C=O) groups excluding carboxylic acids is 1. The van der Waals surface area contributed by atoms with Gasteiger partial charge in [-0.25, -0.2) is 13.5 Å². The molecule has 0 spiro atoms. The number of hydrogen-bond acceptors (Lipinski definition) is 6. The van der Waals surface area contributed by atoms with Gasteiger partial charge in [-0.3, -0.25) is 0 Å². The van der Waals surface area contributed by atoms with Crippen LogP contribution in [0.4, 0.5) is 4.79 Å². The van der Waals surface area contributed by atoms with Gasteiger partial charge in [0.25, 0.3) is 10.1 Å². The minimum atomic E-state index is -3.78. The van der Waals surface area contributed by atoms with Gasteiger partial charge in [0.15, 0.2) is 14.6 Å². The van der Waals surface area contributed by atoms with E-state index in [1.54, 1.807) is 20.8 Å². The summed E-state index contributed by atoms with van der Waals surface area (Å²) in [5.41, 5.74) is 0.556. The molecule has 0 bridgehead atoms. The Hall–Kier alpha value is -1.68. The molecule has 0 aliphatic rings. The number of fused-ring (bicyclic) bond motifs is 1. The summed E-state index contributed by atoms with van der Waals surface area (Å²) >= 11 is 0. The number of hydrogen-bond donors (Lipinski definition) is 0. The van der Waals surface area contributed by atoms with E-state index in [1.165, 1.54) is 4.57 Å². The number of carbonyl (C=O) groups is 1. The molecule has 7 nitrogen and oxygen atoms in total. The lowest BCUT2D eigenvalue weighted by Gasteiger charge is -2.38. The average molecular weight is 470 g/mol. The third kappa shape index (κ3) is 6.90. The summed E-state index contributed by atoms with van der Waals surface area (Å²) in [4.78, 5) is 13.0. The number of ether oxygens (including phenoxy) is 1. The molecule has 1 atom stereocenters. The minimum absolute atomic E-state index is 0.0769. The van der Waals surface area contributed by atoms with Crippen LogP contribution in [0.15, 0.2) is 30.3 Å². The summed E-state index contributed by atoms with van der Waals surface area (Å²) in [5, 5.41) is 0.693. The second-order valence-electron chi connectivity index (χ2n) is 10.3. The Balaban J connectivity index is 2.52. The van der Waals surface area contributed by atoms with E-state index in [9.17, 15) is 13.2 Å². The highest BCUT2D eigenvalue weighted by Gasteiger charge is 2.40. The van der Waals surface area contributed by atoms with E-state index in [2.05, 4.69) is 20.8 Å². The molecule has 1 aromatic carbocycles. The Bertz CT molecular complexity index is 1040. The van der Waals surface area contributed by atoms with Crippen molar-refractivity contribution in [3.8, 4) is 0 Å². The van der Waals surface area contributed by atoms with Crippen LogP contribution in [0.2, 0.25) is 18.1 Å². The normalized spacial score (nSPS) is 14.6. The van der Waals surface area contributed by atoms with Crippen LogP contribution in [-0.2, 0) is 29.9 Å². The maximum Gasteiger partial charge on any atom is 0.419 e. The highest BCUT2D eigenvalue weighted by molar-refractivity contribution is 7.86. The predicted molar refractivity (Wildman–Crippen MR) is 125 cm³/mol. The molecule has 0 unspecified atom stereocenters. The summed E-state index contributed by atoms with van der Waals surface area (Å²) in [6.45, 7) is 15.6. The van der Waals surface area contributed by atoms with E-state index >= 15 is 0 Å². The highest BCUT2D eigenvalue weighted by Crippen LogP contribution is 2.38. The zero-order valence-corrected chi connectivity index (χ0v) is 21.8. The van der Waals surface area contributed by atoms with Gasteiger partial charge in [0.2, 0.25) is 0 Å². The lowest BCUT2D eigenvalue weighted by Crippen LogP contribution is -2.45. The summed E-state index contributed by atoms with van der Waals surface area (Å²) in [7, 11) is -6.14. The topological polar surface area (TPSA) is 83.8 Å². The Morgan fingerprint density at radius 1 is 1.10 bits per heavy atom. The van der Waals surface area contributed by atoms with E-state index in [4.69, 9.17) is 13.3 Å². The van der Waals surface area contributed by atoms with Crippen molar-refractivity contribution in [2.75, 3.05) is 6.26 Å². The van der Waals surface area contributed by atoms with Crippen LogP contribution >= 0.6 is 0 Å². The first-order valence-corrected chi connectivity index (χ1v) is 15.0. The lowest BCUT2D eigenvalue weighted by molar-refractivity contribution is 0.0000706. The van der Waals surface area contributed by atoms with Gasteiger partial charge in [0.1, 0.15) is 5.60 Å². The number of nitrogens with zero attached hydrogens (tertiary/aromatic N) is 1. The van der Waals surface area contributed by atoms with Crippen molar-refractivity contribution < 1.29 is 26.6 Å². The van der Waals surface area contributed by atoms with Gasteiger partial charge in [-0.15, -0.1) is 0 Å². The molecule has 0 aliphatic carbocycles. The molecule has 0 saturated heterocycles. The van der Waals surface area contributed by atoms with Gasteiger partial charge in [-0.1, -0.05) is 39.0 Å². The fraction of sp³-hybridized carbons (Fsp3) is 0.591. The molecule has 0 radical (unpaired) electrons. The van der Waals surface area contributed by atoms with Gasteiger partial charge in [-0.2, -0.15) is 8.42 Å². The maximum absolute atomic E-state index is 13.0. The van der Waals surface area contributed by atoms with Crippen molar-refractivity contribution in [1.29, 1.82) is 0 Å². The van der Waals surface area contributed by atoms with Crippen LogP contribution in [0.25, 0.3) is 10.9 Å². The summed E-state index contributed by atoms with van der Waals surface area (Å²) < 4.78 is 42.6. The van der Waals surface area contributed by atoms with Crippen LogP contribution < -0.4 is 0 Å². The fourth-order valence-electron chi connectivity index (χ4n) is 2.85. The highest BCUT2D eigenvalue weighted by atomic mass is 32.2. The Kier molecular flexibility index (Phi) is 7.17. The maximum atomic E-state index is 13.0. The van der Waals surface area contributed by atoms with Gasteiger partial charge >= 0.3 is 6.09 Å². The molecule has 31 heavy (non-hydrogen) atoms. The third-order valence-electron chi connectivity index (χ3n) is 5.25. The molecule has 0 aliphatic heterocycles. The quantitative estimate of drug-likeness (QED) is 0.325. The SMILES string of the molecule is CC(C)(C)OC(=O)n1c(C[C@@H](O[Si](C)(C)C(C)(C)C)OS(C)(=O)=O)cc2ccccc21. The smallest absolute Gasteiger partial charge is 0.419 e. The van der Waals surface area contributed by atoms with Crippen molar-refractivity contribution in [3.63, 3.8) is 0 Å². The first-order valence-electron chi connectivity index (χ1n) is 10.3. The molecule has 0 saturated carbocycles. The predicted octanol–water partition coefficient (Wildman–Crippen LogP) is 5.29. The standard InChI is InChI=1S/C22H35NO6SSi/c1-21(2,3)27-20(24)23-17(14-16-12-10-11-13-18(16)23)15-19(28-30(7,25)26)29-31(8,9)22(4,5)6/h10-14,19H,15H2,1-9H3/t19-/m1/s1. The van der Waals surface area contributed by atoms with Crippen molar-refractivity contribution >= 4 is 35.4 Å². The molecule has 174 valence electrons. The van der Waals surface area contributed by atoms with E-state index in [-0.39, 0.29) is 11.5 Å². The monoisotopic (exact) mass is 469 g/mol. The number of para-hydroxylation sites is 1. The van der Waals surface area contributed by atoms with E-state index in [1.807, 2.05) is 43.4 Å². The Morgan fingerprint density at radius 3 is 2.19 bits per heavy atom. The van der Waals surface area contributed by atoms with Crippen LogP contribution in [-0.4, -0.2) is 45.5 Å². The van der Waals surface area contributed by atoms with Gasteiger partial charge in [0.05, 0.1) is 11.8 Å². The van der Waals surface area contributed by atoms with Gasteiger partial charge in [-0.05, 0) is 51.0 Å².